The van der Waals surface area contributed by atoms with E-state index in [1.165, 1.54) is 0 Å². The lowest BCUT2D eigenvalue weighted by molar-refractivity contribution is -0.128. The van der Waals surface area contributed by atoms with Gasteiger partial charge < -0.3 is 15.0 Å². The molecular weight excluding hydrogens is 244 g/mol. The van der Waals surface area contributed by atoms with Crippen LogP contribution >= 0.6 is 0 Å². The van der Waals surface area contributed by atoms with Crippen LogP contribution in [0.5, 0.6) is 0 Å². The summed E-state index contributed by atoms with van der Waals surface area (Å²) >= 11 is 0. The third-order valence-electron chi connectivity index (χ3n) is 3.66. The lowest BCUT2D eigenvalue weighted by Gasteiger charge is -2.26. The van der Waals surface area contributed by atoms with Gasteiger partial charge in [0.25, 0.3) is 0 Å². The van der Waals surface area contributed by atoms with Crippen molar-refractivity contribution in [2.45, 2.75) is 58.1 Å². The Bertz CT molecular complexity index is 358. The number of hydrogen-bond acceptors (Lipinski definition) is 3. The summed E-state index contributed by atoms with van der Waals surface area (Å²) in [6.07, 6.45) is 3.71. The number of nitrogens with one attached hydrogen (secondary N) is 1. The fourth-order valence-electron chi connectivity index (χ4n) is 2.36. The molecule has 1 heterocycles. The number of hydrogen-bond donors (Lipinski definition) is 1. The van der Waals surface area contributed by atoms with Crippen molar-refractivity contribution in [1.29, 1.82) is 0 Å². The smallest absolute Gasteiger partial charge is 0.410 e. The molecule has 0 radical (unpaired) electrons. The Kier molecular flexibility index (Phi) is 4.02. The van der Waals surface area contributed by atoms with Gasteiger partial charge in [-0.1, -0.05) is 6.42 Å². The van der Waals surface area contributed by atoms with E-state index in [9.17, 15) is 9.59 Å². The third-order valence-corrected chi connectivity index (χ3v) is 3.66. The van der Waals surface area contributed by atoms with E-state index < -0.39 is 5.60 Å². The molecule has 1 atom stereocenters. The topological polar surface area (TPSA) is 58.6 Å². The molecule has 0 bridgehead atoms. The molecule has 2 aliphatic rings. The van der Waals surface area contributed by atoms with Gasteiger partial charge in [0.05, 0.1) is 0 Å². The van der Waals surface area contributed by atoms with Crippen LogP contribution in [0.3, 0.4) is 0 Å². The summed E-state index contributed by atoms with van der Waals surface area (Å²) in [5.41, 5.74) is -0.468. The third kappa shape index (κ3) is 3.85. The number of amides is 2. The Morgan fingerprint density at radius 1 is 1.21 bits per heavy atom. The van der Waals surface area contributed by atoms with Gasteiger partial charge in [-0.05, 0) is 40.0 Å². The molecule has 0 aromatic rings. The van der Waals surface area contributed by atoms with Crippen LogP contribution < -0.4 is 5.32 Å². The molecule has 5 heteroatoms. The molecule has 0 aromatic heterocycles. The van der Waals surface area contributed by atoms with Crippen molar-refractivity contribution in [3.8, 4) is 0 Å². The van der Waals surface area contributed by atoms with Crippen molar-refractivity contribution in [2.75, 3.05) is 13.1 Å². The molecule has 2 amide bonds. The Labute approximate surface area is 114 Å². The highest BCUT2D eigenvalue weighted by molar-refractivity contribution is 5.80. The van der Waals surface area contributed by atoms with Gasteiger partial charge in [0, 0.05) is 25.0 Å². The molecule has 1 saturated carbocycles. The summed E-state index contributed by atoms with van der Waals surface area (Å²) < 4.78 is 5.33. The Hall–Kier alpha value is -1.26. The van der Waals surface area contributed by atoms with Gasteiger partial charge in [-0.3, -0.25) is 4.79 Å². The van der Waals surface area contributed by atoms with Gasteiger partial charge >= 0.3 is 6.09 Å². The Morgan fingerprint density at radius 2 is 1.89 bits per heavy atom. The Balaban J connectivity index is 1.76. The molecule has 1 saturated heterocycles. The van der Waals surface area contributed by atoms with Crippen molar-refractivity contribution >= 4 is 12.0 Å². The summed E-state index contributed by atoms with van der Waals surface area (Å²) in [7, 11) is 0. The predicted octanol–water partition coefficient (Wildman–Crippen LogP) is 1.91. The van der Waals surface area contributed by atoms with Crippen LogP contribution in [0.2, 0.25) is 0 Å². The van der Waals surface area contributed by atoms with Crippen LogP contribution in [0.1, 0.15) is 46.5 Å². The molecular formula is C14H24N2O3. The van der Waals surface area contributed by atoms with Gasteiger partial charge in [-0.2, -0.15) is 0 Å². The molecule has 108 valence electrons. The first-order valence-electron chi connectivity index (χ1n) is 7.13. The average Bonchev–Trinajstić information content (AvgIpc) is 2.60. The van der Waals surface area contributed by atoms with E-state index in [-0.39, 0.29) is 24.0 Å². The van der Waals surface area contributed by atoms with Gasteiger partial charge in [0.2, 0.25) is 5.91 Å². The van der Waals surface area contributed by atoms with E-state index >= 15 is 0 Å². The van der Waals surface area contributed by atoms with Crippen LogP contribution in [0, 0.1) is 5.92 Å². The first-order valence-corrected chi connectivity index (χ1v) is 7.13. The Morgan fingerprint density at radius 3 is 2.42 bits per heavy atom. The molecule has 1 N–H and O–H groups in total. The number of rotatable bonds is 2. The lowest BCUT2D eigenvalue weighted by Crippen LogP contribution is -2.43. The quantitative estimate of drug-likeness (QED) is 0.832. The SMILES string of the molecule is CC(C)(C)OC(=O)N1CCC(NC(=O)C2CCC2)C1. The highest BCUT2D eigenvalue weighted by atomic mass is 16.6. The average molecular weight is 268 g/mol. The fourth-order valence-corrected chi connectivity index (χ4v) is 2.36. The minimum atomic E-state index is -0.468. The molecule has 0 aromatic carbocycles. The van der Waals surface area contributed by atoms with Crippen LogP contribution in [-0.2, 0) is 9.53 Å². The normalized spacial score (nSPS) is 23.9. The van der Waals surface area contributed by atoms with E-state index in [1.807, 2.05) is 20.8 Å². The first kappa shape index (κ1) is 14.2. The van der Waals surface area contributed by atoms with Gasteiger partial charge in [0.1, 0.15) is 5.60 Å². The zero-order valence-electron chi connectivity index (χ0n) is 12.1. The van der Waals surface area contributed by atoms with Crippen molar-refractivity contribution in [3.63, 3.8) is 0 Å². The second-order valence-electron chi connectivity index (χ2n) is 6.55. The second-order valence-corrected chi connectivity index (χ2v) is 6.55. The number of carbonyl (C=O) groups is 2. The minimum absolute atomic E-state index is 0.0839. The number of carbonyl (C=O) groups excluding carboxylic acids is 2. The molecule has 1 aliphatic heterocycles. The lowest BCUT2D eigenvalue weighted by atomic mass is 9.84. The van der Waals surface area contributed by atoms with E-state index in [1.54, 1.807) is 4.90 Å². The highest BCUT2D eigenvalue weighted by Crippen LogP contribution is 2.26. The van der Waals surface area contributed by atoms with Crippen molar-refractivity contribution in [2.24, 2.45) is 5.92 Å². The molecule has 5 nitrogen and oxygen atoms in total. The van der Waals surface area contributed by atoms with E-state index in [0.717, 1.165) is 25.7 Å². The molecule has 19 heavy (non-hydrogen) atoms. The van der Waals surface area contributed by atoms with Gasteiger partial charge in [-0.25, -0.2) is 4.79 Å². The largest absolute Gasteiger partial charge is 0.444 e. The van der Waals surface area contributed by atoms with Crippen LogP contribution in [0.15, 0.2) is 0 Å². The number of nitrogens with zero attached hydrogens (tertiary/aromatic N) is 1. The van der Waals surface area contributed by atoms with E-state index in [4.69, 9.17) is 4.74 Å². The number of likely N-dealkylation sites (tertiary alicyclic amines) is 1. The fraction of sp³-hybridized carbons (Fsp3) is 0.857. The summed E-state index contributed by atoms with van der Waals surface area (Å²) in [6.45, 7) is 6.79. The maximum atomic E-state index is 11.9. The summed E-state index contributed by atoms with van der Waals surface area (Å²) in [6, 6.07) is 0.0839. The van der Waals surface area contributed by atoms with Crippen LogP contribution in [0.4, 0.5) is 4.79 Å². The summed E-state index contributed by atoms with van der Waals surface area (Å²) in [5, 5.41) is 3.04. The first-order chi connectivity index (χ1) is 8.85. The van der Waals surface area contributed by atoms with E-state index in [0.29, 0.717) is 13.1 Å². The van der Waals surface area contributed by atoms with Crippen molar-refractivity contribution < 1.29 is 14.3 Å². The predicted molar refractivity (Wildman–Crippen MR) is 71.7 cm³/mol. The van der Waals surface area contributed by atoms with E-state index in [2.05, 4.69) is 5.32 Å². The molecule has 1 aliphatic carbocycles. The van der Waals surface area contributed by atoms with Crippen LogP contribution in [-0.4, -0.2) is 41.6 Å². The zero-order valence-corrected chi connectivity index (χ0v) is 12.1. The summed E-state index contributed by atoms with van der Waals surface area (Å²) in [5.74, 6) is 0.359. The maximum absolute atomic E-state index is 11.9. The molecule has 1 unspecified atom stereocenters. The minimum Gasteiger partial charge on any atom is -0.444 e. The van der Waals surface area contributed by atoms with Crippen LogP contribution in [0.25, 0.3) is 0 Å². The number of ether oxygens (including phenoxy) is 1. The van der Waals surface area contributed by atoms with Crippen molar-refractivity contribution in [3.05, 3.63) is 0 Å². The standard InChI is InChI=1S/C14H24N2O3/c1-14(2,3)19-13(18)16-8-7-11(9-16)15-12(17)10-5-4-6-10/h10-11H,4-9H2,1-3H3,(H,15,17). The van der Waals surface area contributed by atoms with Crippen molar-refractivity contribution in [1.82, 2.24) is 10.2 Å². The summed E-state index contributed by atoms with van der Waals surface area (Å²) in [4.78, 5) is 25.4. The second kappa shape index (κ2) is 5.39. The zero-order chi connectivity index (χ0) is 14.0. The van der Waals surface area contributed by atoms with Gasteiger partial charge in [-0.15, -0.1) is 0 Å². The monoisotopic (exact) mass is 268 g/mol. The van der Waals surface area contributed by atoms with Gasteiger partial charge in [0.15, 0.2) is 0 Å². The molecule has 2 fully saturated rings. The molecule has 2 rings (SSSR count). The molecule has 0 spiro atoms. The highest BCUT2D eigenvalue weighted by Gasteiger charge is 2.32. The maximum Gasteiger partial charge on any atom is 0.410 e.